The Labute approximate surface area is 177 Å². The standard InChI is InChI=1S/C22H18ClFN2O4/c1-10-17(22(28)30-3)19(18-14-8-11(23)4-7-15(14)26-21(18)27)20(25-10)13-6-5-12(24)9-16(13)29-2/h4-9,18,25H,1-3H3,(H,26,27)/t18-/m1/s1. The molecule has 0 saturated heterocycles. The highest BCUT2D eigenvalue weighted by Gasteiger charge is 2.39. The molecule has 3 aromatic rings. The van der Waals surface area contributed by atoms with E-state index in [4.69, 9.17) is 21.1 Å². The van der Waals surface area contributed by atoms with Gasteiger partial charge in [0.15, 0.2) is 0 Å². The van der Waals surface area contributed by atoms with E-state index in [1.165, 1.54) is 32.4 Å². The third kappa shape index (κ3) is 3.11. The number of benzene rings is 2. The van der Waals surface area contributed by atoms with Crippen molar-refractivity contribution in [3.05, 3.63) is 69.6 Å². The molecule has 8 heteroatoms. The summed E-state index contributed by atoms with van der Waals surface area (Å²) in [4.78, 5) is 28.8. The second kappa shape index (κ2) is 7.50. The Bertz CT molecular complexity index is 1190. The molecule has 1 amide bonds. The highest BCUT2D eigenvalue weighted by Crippen LogP contribution is 2.46. The van der Waals surface area contributed by atoms with Crippen LogP contribution in [-0.2, 0) is 9.53 Å². The number of carbonyl (C=O) groups excluding carboxylic acids is 2. The number of nitrogens with one attached hydrogen (secondary N) is 2. The van der Waals surface area contributed by atoms with Gasteiger partial charge in [0.1, 0.15) is 11.6 Å². The number of halogens is 2. The number of aromatic nitrogens is 1. The Morgan fingerprint density at radius 1 is 1.17 bits per heavy atom. The van der Waals surface area contributed by atoms with Crippen molar-refractivity contribution in [2.45, 2.75) is 12.8 Å². The first-order chi connectivity index (χ1) is 14.3. The summed E-state index contributed by atoms with van der Waals surface area (Å²) in [6.07, 6.45) is 0. The van der Waals surface area contributed by atoms with Crippen LogP contribution in [0.5, 0.6) is 5.75 Å². The number of hydrogen-bond donors (Lipinski definition) is 2. The third-order valence-corrected chi connectivity index (χ3v) is 5.42. The minimum atomic E-state index is -0.817. The van der Waals surface area contributed by atoms with E-state index in [0.717, 1.165) is 0 Å². The number of carbonyl (C=O) groups is 2. The molecule has 0 bridgehead atoms. The predicted molar refractivity (Wildman–Crippen MR) is 111 cm³/mol. The van der Waals surface area contributed by atoms with Crippen LogP contribution in [-0.4, -0.2) is 31.1 Å². The molecule has 0 unspecified atom stereocenters. The van der Waals surface area contributed by atoms with Gasteiger partial charge in [0.05, 0.1) is 31.4 Å². The fraction of sp³-hybridized carbons (Fsp3) is 0.182. The number of methoxy groups -OCH3 is 2. The van der Waals surface area contributed by atoms with Crippen molar-refractivity contribution >= 4 is 29.2 Å². The van der Waals surface area contributed by atoms with Crippen LogP contribution in [0.3, 0.4) is 0 Å². The van der Waals surface area contributed by atoms with Crippen molar-refractivity contribution in [2.75, 3.05) is 19.5 Å². The van der Waals surface area contributed by atoms with Gasteiger partial charge < -0.3 is 19.8 Å². The van der Waals surface area contributed by atoms with Crippen LogP contribution in [0.2, 0.25) is 5.02 Å². The molecule has 1 atom stereocenters. The molecule has 1 aliphatic heterocycles. The van der Waals surface area contributed by atoms with Gasteiger partial charge in [-0.25, -0.2) is 9.18 Å². The van der Waals surface area contributed by atoms with E-state index in [0.29, 0.717) is 38.8 Å². The quantitative estimate of drug-likeness (QED) is 0.592. The van der Waals surface area contributed by atoms with Crippen molar-refractivity contribution in [1.82, 2.24) is 4.98 Å². The lowest BCUT2D eigenvalue weighted by Gasteiger charge is -2.15. The summed E-state index contributed by atoms with van der Waals surface area (Å²) in [5.41, 5.74) is 3.41. The van der Waals surface area contributed by atoms with Gasteiger partial charge in [-0.1, -0.05) is 11.6 Å². The molecule has 1 aliphatic rings. The van der Waals surface area contributed by atoms with E-state index in [9.17, 15) is 14.0 Å². The minimum absolute atomic E-state index is 0.242. The molecule has 2 N–H and O–H groups in total. The van der Waals surface area contributed by atoms with Crippen molar-refractivity contribution in [2.24, 2.45) is 0 Å². The van der Waals surface area contributed by atoms with Crippen LogP contribution >= 0.6 is 11.6 Å². The van der Waals surface area contributed by atoms with Crippen LogP contribution in [0, 0.1) is 12.7 Å². The topological polar surface area (TPSA) is 80.4 Å². The highest BCUT2D eigenvalue weighted by molar-refractivity contribution is 6.31. The Balaban J connectivity index is 2.04. The number of ether oxygens (including phenoxy) is 2. The first-order valence-electron chi connectivity index (χ1n) is 9.10. The number of aromatic amines is 1. The zero-order valence-electron chi connectivity index (χ0n) is 16.4. The largest absolute Gasteiger partial charge is 0.496 e. The summed E-state index contributed by atoms with van der Waals surface area (Å²) in [6.45, 7) is 1.71. The maximum atomic E-state index is 13.8. The number of rotatable bonds is 4. The van der Waals surface area contributed by atoms with Gasteiger partial charge in [-0.15, -0.1) is 0 Å². The fourth-order valence-electron chi connectivity index (χ4n) is 3.90. The number of esters is 1. The van der Waals surface area contributed by atoms with E-state index < -0.39 is 17.7 Å². The van der Waals surface area contributed by atoms with Crippen molar-refractivity contribution in [3.8, 4) is 17.0 Å². The molecule has 30 heavy (non-hydrogen) atoms. The summed E-state index contributed by atoms with van der Waals surface area (Å²) < 4.78 is 24.1. The normalized spacial score (nSPS) is 15.0. The van der Waals surface area contributed by atoms with E-state index in [-0.39, 0.29) is 17.2 Å². The van der Waals surface area contributed by atoms with Gasteiger partial charge in [-0.2, -0.15) is 0 Å². The summed E-state index contributed by atoms with van der Waals surface area (Å²) in [7, 11) is 2.70. The summed E-state index contributed by atoms with van der Waals surface area (Å²) in [5, 5.41) is 3.29. The minimum Gasteiger partial charge on any atom is -0.496 e. The smallest absolute Gasteiger partial charge is 0.340 e. The van der Waals surface area contributed by atoms with Crippen LogP contribution in [0.15, 0.2) is 36.4 Å². The highest BCUT2D eigenvalue weighted by atomic mass is 35.5. The van der Waals surface area contributed by atoms with Crippen LogP contribution in [0.4, 0.5) is 10.1 Å². The molecule has 0 aliphatic carbocycles. The van der Waals surface area contributed by atoms with Gasteiger partial charge in [-0.3, -0.25) is 4.79 Å². The Morgan fingerprint density at radius 3 is 2.63 bits per heavy atom. The van der Waals surface area contributed by atoms with Crippen molar-refractivity contribution < 1.29 is 23.5 Å². The van der Waals surface area contributed by atoms with Crippen LogP contribution in [0.1, 0.15) is 33.1 Å². The van der Waals surface area contributed by atoms with Crippen molar-refractivity contribution in [1.29, 1.82) is 0 Å². The molecule has 2 heterocycles. The molecule has 4 rings (SSSR count). The van der Waals surface area contributed by atoms with Crippen LogP contribution < -0.4 is 10.1 Å². The number of fused-ring (bicyclic) bond motifs is 1. The number of hydrogen-bond acceptors (Lipinski definition) is 4. The number of anilines is 1. The molecule has 154 valence electrons. The Morgan fingerprint density at radius 2 is 1.93 bits per heavy atom. The van der Waals surface area contributed by atoms with Crippen molar-refractivity contribution in [3.63, 3.8) is 0 Å². The first kappa shape index (κ1) is 20.0. The van der Waals surface area contributed by atoms with E-state index in [1.54, 1.807) is 25.1 Å². The van der Waals surface area contributed by atoms with Gasteiger partial charge in [-0.05, 0) is 42.8 Å². The second-order valence-corrected chi connectivity index (χ2v) is 7.34. The number of amides is 1. The molecule has 2 aromatic carbocycles. The fourth-order valence-corrected chi connectivity index (χ4v) is 4.08. The Hall–Kier alpha value is -3.32. The van der Waals surface area contributed by atoms with E-state index in [1.807, 2.05) is 0 Å². The maximum absolute atomic E-state index is 13.8. The lowest BCUT2D eigenvalue weighted by atomic mass is 9.87. The average molecular weight is 429 g/mol. The summed E-state index contributed by atoms with van der Waals surface area (Å²) >= 11 is 6.18. The number of H-pyrrole nitrogens is 1. The maximum Gasteiger partial charge on any atom is 0.340 e. The van der Waals surface area contributed by atoms with Gasteiger partial charge in [0, 0.05) is 33.6 Å². The predicted octanol–water partition coefficient (Wildman–Crippen LogP) is 4.66. The lowest BCUT2D eigenvalue weighted by molar-refractivity contribution is -0.116. The summed E-state index contributed by atoms with van der Waals surface area (Å²) in [5.74, 6) is -1.92. The molecule has 0 fully saturated rings. The molecule has 0 spiro atoms. The molecule has 0 saturated carbocycles. The average Bonchev–Trinajstić information content (AvgIpc) is 3.22. The van der Waals surface area contributed by atoms with E-state index >= 15 is 0 Å². The monoisotopic (exact) mass is 428 g/mol. The summed E-state index contributed by atoms with van der Waals surface area (Å²) in [6, 6.07) is 9.15. The molecule has 6 nitrogen and oxygen atoms in total. The molecule has 1 aromatic heterocycles. The zero-order chi connectivity index (χ0) is 21.6. The first-order valence-corrected chi connectivity index (χ1v) is 9.48. The van der Waals surface area contributed by atoms with Gasteiger partial charge in [0.25, 0.3) is 0 Å². The lowest BCUT2D eigenvalue weighted by Crippen LogP contribution is -2.17. The van der Waals surface area contributed by atoms with Crippen LogP contribution in [0.25, 0.3) is 11.3 Å². The second-order valence-electron chi connectivity index (χ2n) is 6.90. The molecule has 0 radical (unpaired) electrons. The molecular formula is C22H18ClFN2O4. The van der Waals surface area contributed by atoms with Gasteiger partial charge >= 0.3 is 5.97 Å². The number of aryl methyl sites for hydroxylation is 1. The third-order valence-electron chi connectivity index (χ3n) is 5.18. The molecular weight excluding hydrogens is 411 g/mol. The Kier molecular flexibility index (Phi) is 4.99. The van der Waals surface area contributed by atoms with E-state index in [2.05, 4.69) is 10.3 Å². The van der Waals surface area contributed by atoms with Gasteiger partial charge in [0.2, 0.25) is 5.91 Å². The zero-order valence-corrected chi connectivity index (χ0v) is 17.2. The SMILES string of the molecule is COC(=O)c1c(C)[nH]c(-c2ccc(F)cc2OC)c1[C@@H]1C(=O)Nc2ccc(Cl)cc21.